The van der Waals surface area contributed by atoms with E-state index in [0.717, 1.165) is 0 Å². The standard InChI is InChI=1S/C8H12N4O2/c1-8(2)6-10-9-5-11(6)3-4-12(8)7(13)14/h5H,3-4H2,1-2H3,(H,13,14). The Bertz CT molecular complexity index is 371. The maximum atomic E-state index is 11.0. The molecule has 1 aromatic heterocycles. The second-order valence-electron chi connectivity index (χ2n) is 3.84. The van der Waals surface area contributed by atoms with E-state index >= 15 is 0 Å². The van der Waals surface area contributed by atoms with E-state index in [1.54, 1.807) is 6.33 Å². The molecule has 0 aromatic carbocycles. The molecule has 1 aliphatic heterocycles. The highest BCUT2D eigenvalue weighted by molar-refractivity contribution is 5.66. The maximum absolute atomic E-state index is 11.0. The van der Waals surface area contributed by atoms with E-state index in [1.807, 2.05) is 18.4 Å². The molecule has 0 fully saturated rings. The lowest BCUT2D eigenvalue weighted by Crippen LogP contribution is -2.51. The molecular formula is C8H12N4O2. The van der Waals surface area contributed by atoms with E-state index in [2.05, 4.69) is 10.2 Å². The van der Waals surface area contributed by atoms with Crippen LogP contribution in [0.4, 0.5) is 4.79 Å². The average Bonchev–Trinajstić information content (AvgIpc) is 2.51. The highest BCUT2D eigenvalue weighted by Gasteiger charge is 2.39. The zero-order chi connectivity index (χ0) is 10.3. The summed E-state index contributed by atoms with van der Waals surface area (Å²) in [6.45, 7) is 4.77. The normalized spacial score (nSPS) is 19.1. The Kier molecular flexibility index (Phi) is 1.73. The SMILES string of the molecule is CC1(C)c2nncn2CCN1C(=O)O. The third-order valence-electron chi connectivity index (χ3n) is 2.63. The topological polar surface area (TPSA) is 71.2 Å². The predicted octanol–water partition coefficient (Wildman–Crippen LogP) is 0.507. The van der Waals surface area contributed by atoms with Gasteiger partial charge in [0.1, 0.15) is 11.9 Å². The lowest BCUT2D eigenvalue weighted by molar-refractivity contribution is 0.0684. The highest BCUT2D eigenvalue weighted by atomic mass is 16.4. The van der Waals surface area contributed by atoms with Crippen LogP contribution in [0, 0.1) is 0 Å². The van der Waals surface area contributed by atoms with Crippen LogP contribution < -0.4 is 0 Å². The third kappa shape index (κ3) is 1.07. The molecule has 0 radical (unpaired) electrons. The van der Waals surface area contributed by atoms with Crippen molar-refractivity contribution in [2.75, 3.05) is 6.54 Å². The first-order chi connectivity index (χ1) is 6.53. The fourth-order valence-corrected chi connectivity index (χ4v) is 1.84. The monoisotopic (exact) mass is 196 g/mol. The van der Waals surface area contributed by atoms with Crippen molar-refractivity contribution in [1.29, 1.82) is 0 Å². The molecule has 1 aliphatic rings. The molecule has 1 N–H and O–H groups in total. The lowest BCUT2D eigenvalue weighted by Gasteiger charge is -2.39. The van der Waals surface area contributed by atoms with Gasteiger partial charge < -0.3 is 9.67 Å². The second kappa shape index (κ2) is 2.70. The minimum atomic E-state index is -0.913. The minimum Gasteiger partial charge on any atom is -0.465 e. The summed E-state index contributed by atoms with van der Waals surface area (Å²) in [5.41, 5.74) is -0.597. The van der Waals surface area contributed by atoms with Gasteiger partial charge in [-0.3, -0.25) is 4.90 Å². The van der Waals surface area contributed by atoms with Crippen LogP contribution in [0.2, 0.25) is 0 Å². The molecule has 1 aromatic rings. The molecule has 0 aliphatic carbocycles. The Hall–Kier alpha value is -1.59. The molecule has 0 saturated heterocycles. The van der Waals surface area contributed by atoms with Crippen molar-refractivity contribution < 1.29 is 9.90 Å². The van der Waals surface area contributed by atoms with E-state index in [1.165, 1.54) is 4.90 Å². The van der Waals surface area contributed by atoms with Gasteiger partial charge in [0.2, 0.25) is 0 Å². The van der Waals surface area contributed by atoms with Crippen molar-refractivity contribution in [2.45, 2.75) is 25.9 Å². The van der Waals surface area contributed by atoms with E-state index < -0.39 is 11.6 Å². The first-order valence-electron chi connectivity index (χ1n) is 4.42. The number of amides is 1. The van der Waals surface area contributed by atoms with Gasteiger partial charge in [0.25, 0.3) is 0 Å². The Morgan fingerprint density at radius 3 is 2.93 bits per heavy atom. The summed E-state index contributed by atoms with van der Waals surface area (Å²) in [6.07, 6.45) is 0.722. The molecule has 2 rings (SSSR count). The van der Waals surface area contributed by atoms with Gasteiger partial charge >= 0.3 is 6.09 Å². The quantitative estimate of drug-likeness (QED) is 0.656. The summed E-state index contributed by atoms with van der Waals surface area (Å²) in [6, 6.07) is 0. The number of carbonyl (C=O) groups is 1. The van der Waals surface area contributed by atoms with Crippen molar-refractivity contribution in [1.82, 2.24) is 19.7 Å². The smallest absolute Gasteiger partial charge is 0.408 e. The van der Waals surface area contributed by atoms with Gasteiger partial charge in [-0.15, -0.1) is 10.2 Å². The van der Waals surface area contributed by atoms with E-state index in [4.69, 9.17) is 5.11 Å². The van der Waals surface area contributed by atoms with Crippen LogP contribution in [-0.2, 0) is 12.1 Å². The lowest BCUT2D eigenvalue weighted by atomic mass is 10.00. The molecule has 76 valence electrons. The molecule has 6 nitrogen and oxygen atoms in total. The molecule has 0 spiro atoms. The molecule has 14 heavy (non-hydrogen) atoms. The van der Waals surface area contributed by atoms with Crippen molar-refractivity contribution >= 4 is 6.09 Å². The number of aromatic nitrogens is 3. The molecule has 0 unspecified atom stereocenters. The fraction of sp³-hybridized carbons (Fsp3) is 0.625. The number of hydrogen-bond donors (Lipinski definition) is 1. The largest absolute Gasteiger partial charge is 0.465 e. The van der Waals surface area contributed by atoms with Crippen molar-refractivity contribution in [3.8, 4) is 0 Å². The summed E-state index contributed by atoms with van der Waals surface area (Å²) < 4.78 is 1.89. The summed E-state index contributed by atoms with van der Waals surface area (Å²) >= 11 is 0. The van der Waals surface area contributed by atoms with E-state index in [9.17, 15) is 4.79 Å². The zero-order valence-electron chi connectivity index (χ0n) is 8.14. The average molecular weight is 196 g/mol. The predicted molar refractivity (Wildman–Crippen MR) is 47.8 cm³/mol. The van der Waals surface area contributed by atoms with Crippen LogP contribution in [0.15, 0.2) is 6.33 Å². The Morgan fingerprint density at radius 2 is 2.29 bits per heavy atom. The molecular weight excluding hydrogens is 184 g/mol. The van der Waals surface area contributed by atoms with E-state index in [0.29, 0.717) is 18.9 Å². The molecule has 1 amide bonds. The first-order valence-corrected chi connectivity index (χ1v) is 4.42. The minimum absolute atomic E-state index is 0.480. The zero-order valence-corrected chi connectivity index (χ0v) is 8.14. The second-order valence-corrected chi connectivity index (χ2v) is 3.84. The molecule has 2 heterocycles. The summed E-state index contributed by atoms with van der Waals surface area (Å²) in [5, 5.41) is 16.7. The van der Waals surface area contributed by atoms with Crippen molar-refractivity contribution in [2.24, 2.45) is 0 Å². The van der Waals surface area contributed by atoms with Crippen LogP contribution in [0.25, 0.3) is 0 Å². The number of rotatable bonds is 0. The Morgan fingerprint density at radius 1 is 1.57 bits per heavy atom. The van der Waals surface area contributed by atoms with Crippen LogP contribution in [0.3, 0.4) is 0 Å². The number of nitrogens with zero attached hydrogens (tertiary/aromatic N) is 4. The maximum Gasteiger partial charge on any atom is 0.408 e. The molecule has 0 saturated carbocycles. The van der Waals surface area contributed by atoms with E-state index in [-0.39, 0.29) is 0 Å². The van der Waals surface area contributed by atoms with Crippen LogP contribution in [-0.4, -0.2) is 37.4 Å². The number of carboxylic acid groups (broad SMARTS) is 1. The summed E-state index contributed by atoms with van der Waals surface area (Å²) in [7, 11) is 0. The van der Waals surface area contributed by atoms with Crippen LogP contribution >= 0.6 is 0 Å². The molecule has 0 atom stereocenters. The Balaban J connectivity index is 2.45. The molecule has 0 bridgehead atoms. The van der Waals surface area contributed by atoms with Gasteiger partial charge in [0.05, 0.1) is 0 Å². The number of fused-ring (bicyclic) bond motifs is 1. The number of hydrogen-bond acceptors (Lipinski definition) is 3. The van der Waals surface area contributed by atoms with Crippen LogP contribution in [0.1, 0.15) is 19.7 Å². The van der Waals surface area contributed by atoms with Gasteiger partial charge in [-0.05, 0) is 13.8 Å². The first kappa shape index (κ1) is 8.98. The third-order valence-corrected chi connectivity index (χ3v) is 2.63. The van der Waals surface area contributed by atoms with Gasteiger partial charge in [-0.2, -0.15) is 0 Å². The summed E-state index contributed by atoms with van der Waals surface area (Å²) in [4.78, 5) is 12.4. The van der Waals surface area contributed by atoms with Gasteiger partial charge in [0.15, 0.2) is 5.82 Å². The van der Waals surface area contributed by atoms with Crippen molar-refractivity contribution in [3.05, 3.63) is 12.2 Å². The van der Waals surface area contributed by atoms with Gasteiger partial charge in [-0.1, -0.05) is 0 Å². The summed E-state index contributed by atoms with van der Waals surface area (Å²) in [5.74, 6) is 0.700. The highest BCUT2D eigenvalue weighted by Crippen LogP contribution is 2.29. The van der Waals surface area contributed by atoms with Gasteiger partial charge in [-0.25, -0.2) is 4.79 Å². The fourth-order valence-electron chi connectivity index (χ4n) is 1.84. The van der Waals surface area contributed by atoms with Crippen LogP contribution in [0.5, 0.6) is 0 Å². The Labute approximate surface area is 81.2 Å². The van der Waals surface area contributed by atoms with Gasteiger partial charge in [0, 0.05) is 13.1 Å². The molecule has 6 heteroatoms. The van der Waals surface area contributed by atoms with Crippen molar-refractivity contribution in [3.63, 3.8) is 0 Å².